The minimum atomic E-state index is 0. The van der Waals surface area contributed by atoms with Gasteiger partial charge in [0.2, 0.25) is 0 Å². The highest BCUT2D eigenvalue weighted by atomic mass is 35.5. The molecule has 1 aliphatic rings. The average Bonchev–Trinajstić information content (AvgIpc) is 2.61. The lowest BCUT2D eigenvalue weighted by Crippen LogP contribution is -2.33. The zero-order valence-corrected chi connectivity index (χ0v) is 14.0. The fourth-order valence-electron chi connectivity index (χ4n) is 3.82. The van der Waals surface area contributed by atoms with E-state index < -0.39 is 0 Å². The van der Waals surface area contributed by atoms with E-state index in [0.717, 1.165) is 13.1 Å². The molecule has 1 saturated heterocycles. The first-order valence-electron chi connectivity index (χ1n) is 8.21. The van der Waals surface area contributed by atoms with Crippen molar-refractivity contribution in [2.75, 3.05) is 13.1 Å². The lowest BCUT2D eigenvalue weighted by molar-refractivity contribution is 0.323. The number of fused-ring (bicyclic) bond motifs is 3. The van der Waals surface area contributed by atoms with Gasteiger partial charge in [-0.3, -0.25) is 0 Å². The summed E-state index contributed by atoms with van der Waals surface area (Å²) in [6.45, 7) is 2.17. The fourth-order valence-corrected chi connectivity index (χ4v) is 3.82. The molecule has 3 aromatic rings. The van der Waals surface area contributed by atoms with Crippen LogP contribution in [0.15, 0.2) is 54.6 Å². The second-order valence-electron chi connectivity index (χ2n) is 6.35. The highest BCUT2D eigenvalue weighted by molar-refractivity contribution is 6.09. The summed E-state index contributed by atoms with van der Waals surface area (Å²) in [7, 11) is 0. The van der Waals surface area contributed by atoms with E-state index in [2.05, 4.69) is 59.9 Å². The number of nitrogens with one attached hydrogen (secondary N) is 1. The Morgan fingerprint density at radius 1 is 0.870 bits per heavy atom. The Labute approximate surface area is 143 Å². The van der Waals surface area contributed by atoms with Crippen LogP contribution in [0, 0.1) is 5.92 Å². The van der Waals surface area contributed by atoms with Gasteiger partial charge in [0.05, 0.1) is 0 Å². The monoisotopic (exact) mass is 326 g/mol. The molecule has 0 unspecified atom stereocenters. The van der Waals surface area contributed by atoms with E-state index in [1.165, 1.54) is 39.9 Å². The van der Waals surface area contributed by atoms with Crippen molar-refractivity contribution in [3.63, 3.8) is 0 Å². The zero-order valence-electron chi connectivity index (χ0n) is 13.2. The highest BCUT2D eigenvalue weighted by Gasteiger charge is 2.23. The van der Waals surface area contributed by atoms with Crippen LogP contribution in [0.5, 0.6) is 0 Å². The smallest absolute Gasteiger partial charge is 0.0330 e. The summed E-state index contributed by atoms with van der Waals surface area (Å²) in [4.78, 5) is 0. The van der Waals surface area contributed by atoms with E-state index in [1.807, 2.05) is 0 Å². The number of piperidine rings is 1. The molecule has 0 radical (unpaired) electrons. The lowest BCUT2D eigenvalue weighted by atomic mass is 9.83. The van der Waals surface area contributed by atoms with Crippen LogP contribution in [0.1, 0.15) is 24.4 Å². The molecule has 0 aromatic heterocycles. The van der Waals surface area contributed by atoms with Gasteiger partial charge in [0.1, 0.15) is 0 Å². The molecule has 3 heteroatoms. The number of hydrogen-bond donors (Lipinski definition) is 2. The van der Waals surface area contributed by atoms with Gasteiger partial charge in [-0.1, -0.05) is 48.5 Å². The molecular weight excluding hydrogens is 304 g/mol. The van der Waals surface area contributed by atoms with Gasteiger partial charge < -0.3 is 11.1 Å². The first-order valence-corrected chi connectivity index (χ1v) is 8.21. The largest absolute Gasteiger partial charge is 0.324 e. The first-order chi connectivity index (χ1) is 10.8. The molecule has 2 nitrogen and oxygen atoms in total. The van der Waals surface area contributed by atoms with Gasteiger partial charge in [-0.15, -0.1) is 12.4 Å². The van der Waals surface area contributed by atoms with Crippen molar-refractivity contribution < 1.29 is 0 Å². The Morgan fingerprint density at radius 2 is 1.48 bits per heavy atom. The van der Waals surface area contributed by atoms with Crippen LogP contribution in [0.3, 0.4) is 0 Å². The molecule has 4 rings (SSSR count). The Hall–Kier alpha value is -1.61. The molecule has 0 spiro atoms. The Morgan fingerprint density at radius 3 is 2.22 bits per heavy atom. The SMILES string of the molecule is Cl.N[C@@H](c1cc2ccccc2c2ccccc12)C1CCNCC1. The Balaban J connectivity index is 0.00000156. The molecule has 1 heterocycles. The molecule has 0 amide bonds. The van der Waals surface area contributed by atoms with E-state index in [-0.39, 0.29) is 18.4 Å². The van der Waals surface area contributed by atoms with Gasteiger partial charge >= 0.3 is 0 Å². The van der Waals surface area contributed by atoms with Crippen molar-refractivity contribution in [3.8, 4) is 0 Å². The summed E-state index contributed by atoms with van der Waals surface area (Å²) in [5, 5.41) is 8.68. The van der Waals surface area contributed by atoms with E-state index >= 15 is 0 Å². The average molecular weight is 327 g/mol. The third kappa shape index (κ3) is 2.94. The van der Waals surface area contributed by atoms with Crippen molar-refractivity contribution in [1.29, 1.82) is 0 Å². The van der Waals surface area contributed by atoms with E-state index in [1.54, 1.807) is 0 Å². The van der Waals surface area contributed by atoms with E-state index in [4.69, 9.17) is 5.73 Å². The molecule has 1 atom stereocenters. The maximum atomic E-state index is 6.70. The molecule has 0 saturated carbocycles. The minimum Gasteiger partial charge on any atom is -0.324 e. The molecule has 23 heavy (non-hydrogen) atoms. The predicted molar refractivity (Wildman–Crippen MR) is 101 cm³/mol. The first kappa shape index (κ1) is 16.3. The second kappa shape index (κ2) is 6.88. The van der Waals surface area contributed by atoms with E-state index in [0.29, 0.717) is 5.92 Å². The number of rotatable bonds is 2. The third-order valence-corrected chi connectivity index (χ3v) is 5.05. The van der Waals surface area contributed by atoms with Crippen molar-refractivity contribution in [1.82, 2.24) is 5.32 Å². The maximum absolute atomic E-state index is 6.70. The quantitative estimate of drug-likeness (QED) is 0.684. The summed E-state index contributed by atoms with van der Waals surface area (Å²) in [5.41, 5.74) is 8.01. The van der Waals surface area contributed by atoms with Crippen LogP contribution in [-0.2, 0) is 0 Å². The van der Waals surface area contributed by atoms with Gasteiger partial charge in [0, 0.05) is 6.04 Å². The van der Waals surface area contributed by atoms with Gasteiger partial charge in [-0.2, -0.15) is 0 Å². The van der Waals surface area contributed by atoms with Crippen molar-refractivity contribution in [2.45, 2.75) is 18.9 Å². The molecule has 3 aromatic carbocycles. The lowest BCUT2D eigenvalue weighted by Gasteiger charge is -2.29. The molecule has 3 N–H and O–H groups in total. The fraction of sp³-hybridized carbons (Fsp3) is 0.300. The van der Waals surface area contributed by atoms with E-state index in [9.17, 15) is 0 Å². The highest BCUT2D eigenvalue weighted by Crippen LogP contribution is 2.35. The van der Waals surface area contributed by atoms with Crippen LogP contribution >= 0.6 is 12.4 Å². The summed E-state index contributed by atoms with van der Waals surface area (Å²) >= 11 is 0. The van der Waals surface area contributed by atoms with Crippen LogP contribution in [-0.4, -0.2) is 13.1 Å². The summed E-state index contributed by atoms with van der Waals surface area (Å²) in [5.74, 6) is 0.575. The minimum absolute atomic E-state index is 0. The Kier molecular flexibility index (Phi) is 4.86. The van der Waals surface area contributed by atoms with Gasteiger partial charge in [0.25, 0.3) is 0 Å². The maximum Gasteiger partial charge on any atom is 0.0330 e. The standard InChI is InChI=1S/C20H22N2.ClH/c21-20(14-9-11-22-12-10-14)19-13-15-5-1-2-6-16(15)17-7-3-4-8-18(17)19;/h1-8,13-14,20,22H,9-12,21H2;1H/t20-;/m1./s1. The molecular formula is C20H23ClN2. The van der Waals surface area contributed by atoms with Gasteiger partial charge in [-0.05, 0) is 65.0 Å². The van der Waals surface area contributed by atoms with Crippen molar-refractivity contribution in [2.24, 2.45) is 11.7 Å². The molecule has 1 fully saturated rings. The van der Waals surface area contributed by atoms with Crippen LogP contribution in [0.2, 0.25) is 0 Å². The molecule has 1 aliphatic heterocycles. The summed E-state index contributed by atoms with van der Waals surface area (Å²) in [6, 6.07) is 19.7. The normalized spacial score (nSPS) is 17.1. The third-order valence-electron chi connectivity index (χ3n) is 5.05. The van der Waals surface area contributed by atoms with Crippen LogP contribution in [0.4, 0.5) is 0 Å². The van der Waals surface area contributed by atoms with Crippen LogP contribution < -0.4 is 11.1 Å². The zero-order chi connectivity index (χ0) is 14.9. The topological polar surface area (TPSA) is 38.0 Å². The van der Waals surface area contributed by atoms with Gasteiger partial charge in [0.15, 0.2) is 0 Å². The predicted octanol–water partition coefficient (Wildman–Crippen LogP) is 4.41. The summed E-state index contributed by atoms with van der Waals surface area (Å²) in [6.07, 6.45) is 2.34. The number of halogens is 1. The van der Waals surface area contributed by atoms with Crippen LogP contribution in [0.25, 0.3) is 21.5 Å². The summed E-state index contributed by atoms with van der Waals surface area (Å²) < 4.78 is 0. The number of nitrogens with two attached hydrogens (primary N) is 1. The number of benzene rings is 3. The van der Waals surface area contributed by atoms with Crippen molar-refractivity contribution >= 4 is 34.0 Å². The second-order valence-corrected chi connectivity index (χ2v) is 6.35. The molecule has 0 bridgehead atoms. The molecule has 0 aliphatic carbocycles. The number of hydrogen-bond acceptors (Lipinski definition) is 2. The Bertz CT molecular complexity index is 809. The van der Waals surface area contributed by atoms with Crippen molar-refractivity contribution in [3.05, 3.63) is 60.2 Å². The van der Waals surface area contributed by atoms with Gasteiger partial charge in [-0.25, -0.2) is 0 Å². The molecule has 120 valence electrons.